The van der Waals surface area contributed by atoms with Crippen LogP contribution in [0.25, 0.3) is 0 Å². The monoisotopic (exact) mass is 321 g/mol. The third-order valence-corrected chi connectivity index (χ3v) is 5.60. The largest absolute Gasteiger partial charge is 0.399 e. The Bertz CT molecular complexity index is 648. The van der Waals surface area contributed by atoms with E-state index in [4.69, 9.17) is 5.73 Å². The zero-order chi connectivity index (χ0) is 16.9. The molecule has 0 unspecified atom stereocenters. The van der Waals surface area contributed by atoms with Crippen molar-refractivity contribution in [1.82, 2.24) is 0 Å². The van der Waals surface area contributed by atoms with Crippen LogP contribution in [0.3, 0.4) is 0 Å². The lowest BCUT2D eigenvalue weighted by Crippen LogP contribution is -2.10. The molecule has 1 aliphatic rings. The highest BCUT2D eigenvalue weighted by Gasteiger charge is 2.19. The van der Waals surface area contributed by atoms with Crippen LogP contribution in [0.2, 0.25) is 0 Å². The Morgan fingerprint density at radius 1 is 0.917 bits per heavy atom. The van der Waals surface area contributed by atoms with E-state index >= 15 is 0 Å². The maximum Gasteiger partial charge on any atom is 0.0346 e. The molecule has 0 aliphatic heterocycles. The van der Waals surface area contributed by atoms with E-state index in [0.717, 1.165) is 36.8 Å². The van der Waals surface area contributed by atoms with Gasteiger partial charge in [-0.05, 0) is 65.8 Å². The first kappa shape index (κ1) is 17.1. The Balaban J connectivity index is 1.67. The molecular weight excluding hydrogens is 290 g/mol. The van der Waals surface area contributed by atoms with Gasteiger partial charge < -0.3 is 5.73 Å². The summed E-state index contributed by atoms with van der Waals surface area (Å²) in [7, 11) is 0. The minimum Gasteiger partial charge on any atom is -0.399 e. The summed E-state index contributed by atoms with van der Waals surface area (Å²) in [5, 5.41) is 0. The van der Waals surface area contributed by atoms with E-state index in [9.17, 15) is 0 Å². The van der Waals surface area contributed by atoms with E-state index in [1.165, 1.54) is 47.9 Å². The van der Waals surface area contributed by atoms with Crippen LogP contribution >= 0.6 is 0 Å². The number of nitrogens with two attached hydrogens (primary N) is 1. The third kappa shape index (κ3) is 4.20. The molecule has 1 nitrogen and oxygen atoms in total. The second-order valence-electron chi connectivity index (χ2n) is 7.66. The Hall–Kier alpha value is -1.76. The first-order valence-electron chi connectivity index (χ1n) is 9.61. The summed E-state index contributed by atoms with van der Waals surface area (Å²) in [4.78, 5) is 0. The minimum atomic E-state index is 0.780. The van der Waals surface area contributed by atoms with Gasteiger partial charge in [0, 0.05) is 5.69 Å². The van der Waals surface area contributed by atoms with Crippen molar-refractivity contribution in [2.24, 2.45) is 5.92 Å². The molecule has 0 amide bonds. The zero-order valence-corrected chi connectivity index (χ0v) is 15.2. The SMILES string of the molecule is CCCc1cc(Cc2ccc(C3CCC(C)CC3)cc2)ccc1N. The highest BCUT2D eigenvalue weighted by Crippen LogP contribution is 2.35. The van der Waals surface area contributed by atoms with E-state index < -0.39 is 0 Å². The summed E-state index contributed by atoms with van der Waals surface area (Å²) < 4.78 is 0. The summed E-state index contributed by atoms with van der Waals surface area (Å²) in [6.07, 6.45) is 8.70. The molecule has 1 aliphatic carbocycles. The Morgan fingerprint density at radius 2 is 1.58 bits per heavy atom. The van der Waals surface area contributed by atoms with Gasteiger partial charge >= 0.3 is 0 Å². The molecule has 0 atom stereocenters. The van der Waals surface area contributed by atoms with Crippen LogP contribution in [0, 0.1) is 5.92 Å². The maximum absolute atomic E-state index is 6.08. The smallest absolute Gasteiger partial charge is 0.0346 e. The molecule has 0 radical (unpaired) electrons. The van der Waals surface area contributed by atoms with Crippen molar-refractivity contribution in [3.05, 3.63) is 64.7 Å². The lowest BCUT2D eigenvalue weighted by molar-refractivity contribution is 0.348. The number of nitrogen functional groups attached to an aromatic ring is 1. The Labute approximate surface area is 147 Å². The summed E-state index contributed by atoms with van der Waals surface area (Å²) in [6.45, 7) is 4.59. The highest BCUT2D eigenvalue weighted by molar-refractivity contribution is 5.49. The van der Waals surface area contributed by atoms with Gasteiger partial charge in [0.15, 0.2) is 0 Å². The number of benzene rings is 2. The van der Waals surface area contributed by atoms with Crippen LogP contribution in [0.5, 0.6) is 0 Å². The minimum absolute atomic E-state index is 0.780. The van der Waals surface area contributed by atoms with Crippen molar-refractivity contribution in [1.29, 1.82) is 0 Å². The van der Waals surface area contributed by atoms with Gasteiger partial charge in [0.05, 0.1) is 0 Å². The molecule has 2 aromatic rings. The van der Waals surface area contributed by atoms with Crippen LogP contribution in [0.4, 0.5) is 5.69 Å². The van der Waals surface area contributed by atoms with Crippen molar-refractivity contribution in [2.75, 3.05) is 5.73 Å². The highest BCUT2D eigenvalue weighted by atomic mass is 14.6. The van der Waals surface area contributed by atoms with Gasteiger partial charge in [-0.1, -0.05) is 69.5 Å². The molecule has 0 aromatic heterocycles. The van der Waals surface area contributed by atoms with Crippen molar-refractivity contribution in [3.8, 4) is 0 Å². The van der Waals surface area contributed by atoms with E-state index in [-0.39, 0.29) is 0 Å². The topological polar surface area (TPSA) is 26.0 Å². The van der Waals surface area contributed by atoms with E-state index in [2.05, 4.69) is 56.3 Å². The normalized spacial score (nSPS) is 20.9. The van der Waals surface area contributed by atoms with Crippen LogP contribution < -0.4 is 5.73 Å². The quantitative estimate of drug-likeness (QED) is 0.661. The summed E-state index contributed by atoms with van der Waals surface area (Å²) in [5.74, 6) is 1.70. The fourth-order valence-electron chi connectivity index (χ4n) is 3.99. The van der Waals surface area contributed by atoms with E-state index in [1.54, 1.807) is 0 Å². The van der Waals surface area contributed by atoms with Gasteiger partial charge in [-0.15, -0.1) is 0 Å². The number of hydrogen-bond donors (Lipinski definition) is 1. The van der Waals surface area contributed by atoms with Crippen molar-refractivity contribution in [3.63, 3.8) is 0 Å². The molecule has 2 aromatic carbocycles. The summed E-state index contributed by atoms with van der Waals surface area (Å²) >= 11 is 0. The second-order valence-corrected chi connectivity index (χ2v) is 7.66. The van der Waals surface area contributed by atoms with Crippen LogP contribution in [0.15, 0.2) is 42.5 Å². The lowest BCUT2D eigenvalue weighted by Gasteiger charge is -2.26. The number of aryl methyl sites for hydroxylation is 1. The lowest BCUT2D eigenvalue weighted by atomic mass is 9.79. The van der Waals surface area contributed by atoms with Crippen molar-refractivity contribution < 1.29 is 0 Å². The van der Waals surface area contributed by atoms with Crippen molar-refractivity contribution in [2.45, 2.75) is 64.7 Å². The van der Waals surface area contributed by atoms with Crippen LogP contribution in [-0.2, 0) is 12.8 Å². The van der Waals surface area contributed by atoms with Gasteiger partial charge in [0.25, 0.3) is 0 Å². The maximum atomic E-state index is 6.08. The van der Waals surface area contributed by atoms with E-state index in [1.807, 2.05) is 0 Å². The molecule has 0 bridgehead atoms. The predicted molar refractivity (Wildman–Crippen MR) is 104 cm³/mol. The number of anilines is 1. The van der Waals surface area contributed by atoms with Crippen molar-refractivity contribution >= 4 is 5.69 Å². The molecule has 3 rings (SSSR count). The molecule has 2 N–H and O–H groups in total. The predicted octanol–water partition coefficient (Wildman–Crippen LogP) is 6.11. The van der Waals surface area contributed by atoms with Gasteiger partial charge in [0.1, 0.15) is 0 Å². The molecule has 1 saturated carbocycles. The number of hydrogen-bond acceptors (Lipinski definition) is 1. The van der Waals surface area contributed by atoms with Gasteiger partial charge in [-0.2, -0.15) is 0 Å². The van der Waals surface area contributed by atoms with Gasteiger partial charge in [0.2, 0.25) is 0 Å². The Morgan fingerprint density at radius 3 is 2.25 bits per heavy atom. The second kappa shape index (κ2) is 7.88. The van der Waals surface area contributed by atoms with Crippen LogP contribution in [0.1, 0.15) is 74.1 Å². The molecule has 128 valence electrons. The average molecular weight is 322 g/mol. The van der Waals surface area contributed by atoms with E-state index in [0.29, 0.717) is 0 Å². The van der Waals surface area contributed by atoms with Gasteiger partial charge in [-0.25, -0.2) is 0 Å². The molecule has 0 heterocycles. The molecular formula is C23H31N. The average Bonchev–Trinajstić information content (AvgIpc) is 2.60. The molecule has 0 spiro atoms. The fourth-order valence-corrected chi connectivity index (χ4v) is 3.99. The standard InChI is InChI=1S/C23H31N/c1-3-4-22-16-19(9-14-23(22)24)15-18-7-12-21(13-8-18)20-10-5-17(2)6-11-20/h7-9,12-14,16-17,20H,3-6,10-11,15,24H2,1-2H3. The molecule has 24 heavy (non-hydrogen) atoms. The first-order chi connectivity index (χ1) is 11.7. The summed E-state index contributed by atoms with van der Waals surface area (Å²) in [6, 6.07) is 15.9. The molecule has 1 heteroatoms. The molecule has 0 saturated heterocycles. The third-order valence-electron chi connectivity index (χ3n) is 5.60. The van der Waals surface area contributed by atoms with Gasteiger partial charge in [-0.3, -0.25) is 0 Å². The zero-order valence-electron chi connectivity index (χ0n) is 15.2. The summed E-state index contributed by atoms with van der Waals surface area (Å²) in [5.41, 5.74) is 12.6. The first-order valence-corrected chi connectivity index (χ1v) is 9.61. The fraction of sp³-hybridized carbons (Fsp3) is 0.478. The molecule has 1 fully saturated rings. The van der Waals surface area contributed by atoms with Crippen LogP contribution in [-0.4, -0.2) is 0 Å². The number of rotatable bonds is 5. The Kier molecular flexibility index (Phi) is 5.60.